The number of rotatable bonds is 5. The molecule has 0 saturated heterocycles. The summed E-state index contributed by atoms with van der Waals surface area (Å²) in [6.45, 7) is 0. The van der Waals surface area contributed by atoms with E-state index < -0.39 is 60.2 Å². The number of aromatic nitrogens is 3. The van der Waals surface area contributed by atoms with E-state index in [0.717, 1.165) is 0 Å². The van der Waals surface area contributed by atoms with Gasteiger partial charge in [-0.2, -0.15) is 0 Å². The van der Waals surface area contributed by atoms with Gasteiger partial charge in [-0.15, -0.1) is 4.68 Å². The molecule has 0 spiro atoms. The highest BCUT2D eigenvalue weighted by Gasteiger charge is 2.53. The Morgan fingerprint density at radius 1 is 1.04 bits per heavy atom. The van der Waals surface area contributed by atoms with Crippen molar-refractivity contribution in [3.63, 3.8) is 0 Å². The molecule has 1 unspecified atom stereocenters. The summed E-state index contributed by atoms with van der Waals surface area (Å²) in [5, 5.41) is 55.0. The maximum absolute atomic E-state index is 11.3. The Morgan fingerprint density at radius 2 is 1.60 bits per heavy atom. The second-order valence-corrected chi connectivity index (χ2v) is 4.36. The van der Waals surface area contributed by atoms with E-state index >= 15 is 0 Å². The molecule has 0 amide bonds. The van der Waals surface area contributed by atoms with Crippen LogP contribution in [-0.4, -0.2) is 46.2 Å². The van der Waals surface area contributed by atoms with Crippen LogP contribution in [0, 0.1) is 45.9 Å². The molecule has 3 N–H and O–H groups in total. The van der Waals surface area contributed by atoms with Crippen molar-refractivity contribution in [2.45, 2.75) is 6.04 Å². The van der Waals surface area contributed by atoms with E-state index in [9.17, 15) is 40.5 Å². The predicted molar refractivity (Wildman–Crippen MR) is 73.6 cm³/mol. The van der Waals surface area contributed by atoms with Gasteiger partial charge < -0.3 is 15.8 Å². The summed E-state index contributed by atoms with van der Waals surface area (Å²) in [7, 11) is 0. The summed E-state index contributed by atoms with van der Waals surface area (Å²) >= 11 is 0. The molecule has 0 bridgehead atoms. The van der Waals surface area contributed by atoms with Gasteiger partial charge >= 0.3 is 23.4 Å². The van der Waals surface area contributed by atoms with Gasteiger partial charge in [0.2, 0.25) is 12.0 Å². The van der Waals surface area contributed by atoms with Crippen LogP contribution in [0.5, 0.6) is 0 Å². The lowest BCUT2D eigenvalue weighted by atomic mass is 9.96. The smallest absolute Gasteiger partial charge is 0.390 e. The third-order valence-electron chi connectivity index (χ3n) is 2.99. The number of nitro groups is 4. The van der Waals surface area contributed by atoms with Crippen LogP contribution in [0.25, 0.3) is 5.70 Å². The topological polar surface area (TPSA) is 253 Å². The van der Waals surface area contributed by atoms with Gasteiger partial charge in [-0.1, -0.05) is 4.98 Å². The van der Waals surface area contributed by atoms with E-state index in [1.54, 1.807) is 0 Å². The molecule has 1 heterocycles. The minimum Gasteiger partial charge on any atom is -0.390 e. The number of nitrogens with zero attached hydrogens (tertiary/aromatic N) is 7. The summed E-state index contributed by atoms with van der Waals surface area (Å²) < 4.78 is 0.298. The van der Waals surface area contributed by atoms with Crippen LogP contribution in [0.4, 0.5) is 5.95 Å². The lowest BCUT2D eigenvalue weighted by Crippen LogP contribution is -2.43. The van der Waals surface area contributed by atoms with E-state index in [0.29, 0.717) is 11.0 Å². The van der Waals surface area contributed by atoms with Gasteiger partial charge in [-0.05, 0) is 4.92 Å². The molecule has 1 aromatic heterocycles. The van der Waals surface area contributed by atoms with Crippen LogP contribution in [-0.2, 0) is 0 Å². The number of hydrogen-bond acceptors (Lipinski definition) is 12. The molecular formula is C8H5N9O8. The van der Waals surface area contributed by atoms with Crippen molar-refractivity contribution >= 4 is 17.4 Å². The number of nitrogens with two attached hydrogens (primary N) is 1. The van der Waals surface area contributed by atoms with E-state index in [1.807, 2.05) is 0 Å². The maximum atomic E-state index is 11.3. The van der Waals surface area contributed by atoms with Crippen LogP contribution in [0.3, 0.4) is 0 Å². The Bertz CT molecular complexity index is 910. The zero-order valence-electron chi connectivity index (χ0n) is 11.6. The van der Waals surface area contributed by atoms with Crippen molar-refractivity contribution in [1.29, 1.82) is 5.41 Å². The number of hydrogen-bond donors (Lipinski definition) is 2. The van der Waals surface area contributed by atoms with Gasteiger partial charge in [0.1, 0.15) is 0 Å². The fourth-order valence-corrected chi connectivity index (χ4v) is 2.05. The first-order chi connectivity index (χ1) is 11.6. The van der Waals surface area contributed by atoms with Crippen LogP contribution < -0.4 is 5.73 Å². The monoisotopic (exact) mass is 355 g/mol. The Hall–Kier alpha value is -4.31. The average molecular weight is 355 g/mol. The zero-order chi connectivity index (χ0) is 19.0. The minimum atomic E-state index is -2.33. The van der Waals surface area contributed by atoms with E-state index in [-0.39, 0.29) is 0 Å². The van der Waals surface area contributed by atoms with Gasteiger partial charge in [0.25, 0.3) is 0 Å². The first kappa shape index (κ1) is 17.1. The van der Waals surface area contributed by atoms with Crippen molar-refractivity contribution in [3.05, 3.63) is 63.9 Å². The second-order valence-electron chi connectivity index (χ2n) is 4.36. The molecule has 0 radical (unpaired) electrons. The van der Waals surface area contributed by atoms with Gasteiger partial charge in [-0.3, -0.25) is 35.8 Å². The number of nitrogens with one attached hydrogen (secondary N) is 1. The molecule has 1 aliphatic carbocycles. The van der Waals surface area contributed by atoms with Crippen LogP contribution >= 0.6 is 0 Å². The number of allylic oxidation sites excluding steroid dienone is 1. The first-order valence-electron chi connectivity index (χ1n) is 5.89. The molecular weight excluding hydrogens is 350 g/mol. The summed E-state index contributed by atoms with van der Waals surface area (Å²) in [5.74, 6) is -1.04. The van der Waals surface area contributed by atoms with Crippen molar-refractivity contribution in [2.24, 2.45) is 5.73 Å². The molecule has 1 aromatic rings. The zero-order valence-corrected chi connectivity index (χ0v) is 11.6. The molecule has 1 aliphatic rings. The third-order valence-corrected chi connectivity index (χ3v) is 2.99. The van der Waals surface area contributed by atoms with Crippen molar-refractivity contribution in [2.75, 3.05) is 0 Å². The molecule has 25 heavy (non-hydrogen) atoms. The molecule has 0 aliphatic heterocycles. The highest BCUT2D eigenvalue weighted by molar-refractivity contribution is 6.08. The van der Waals surface area contributed by atoms with E-state index in [4.69, 9.17) is 11.1 Å². The van der Waals surface area contributed by atoms with Crippen LogP contribution in [0.1, 0.15) is 0 Å². The van der Waals surface area contributed by atoms with Gasteiger partial charge in [0.05, 0.1) is 9.85 Å². The maximum Gasteiger partial charge on any atom is 0.491 e. The average Bonchev–Trinajstić information content (AvgIpc) is 2.94. The van der Waals surface area contributed by atoms with Crippen molar-refractivity contribution in [3.8, 4) is 0 Å². The lowest BCUT2D eigenvalue weighted by molar-refractivity contribution is -0.500. The fourth-order valence-electron chi connectivity index (χ4n) is 2.05. The first-order valence-corrected chi connectivity index (χ1v) is 5.89. The van der Waals surface area contributed by atoms with Gasteiger partial charge in [-0.25, -0.2) is 0 Å². The van der Waals surface area contributed by atoms with Crippen LogP contribution in [0.15, 0.2) is 23.4 Å². The second kappa shape index (κ2) is 5.72. The highest BCUT2D eigenvalue weighted by atomic mass is 16.6. The van der Waals surface area contributed by atoms with E-state index in [2.05, 4.69) is 10.1 Å². The Labute approximate surface area is 134 Å². The molecule has 130 valence electrons. The van der Waals surface area contributed by atoms with Crippen molar-refractivity contribution in [1.82, 2.24) is 14.8 Å². The molecule has 1 atom stereocenters. The highest BCUT2D eigenvalue weighted by Crippen LogP contribution is 2.31. The summed E-state index contributed by atoms with van der Waals surface area (Å²) in [6.07, 6.45) is 0.549. The normalized spacial score (nSPS) is 17.6. The Balaban J connectivity index is 2.88. The fraction of sp³-hybridized carbons (Fsp3) is 0.125. The molecule has 17 heteroatoms. The van der Waals surface area contributed by atoms with Gasteiger partial charge in [0.15, 0.2) is 11.4 Å². The Kier molecular flexibility index (Phi) is 3.90. The lowest BCUT2D eigenvalue weighted by Gasteiger charge is -2.16. The van der Waals surface area contributed by atoms with E-state index in [1.165, 1.54) is 0 Å². The standard InChI is InChI=1S/C8H5N9O8/c9-2-4(14(18)19)3(10)6(16(22)23)7(5(2)15(20)21)13-1-11-8(12-13)17(24)25/h1,4,9H,10H2. The third kappa shape index (κ3) is 2.60. The summed E-state index contributed by atoms with van der Waals surface area (Å²) in [6, 6.07) is -2.33. The molecule has 17 nitrogen and oxygen atoms in total. The quantitative estimate of drug-likeness (QED) is 0.466. The largest absolute Gasteiger partial charge is 0.491 e. The molecule has 0 fully saturated rings. The predicted octanol–water partition coefficient (Wildman–Crippen LogP) is -1.24. The minimum absolute atomic E-state index is 0.298. The molecule has 2 rings (SSSR count). The Morgan fingerprint density at radius 3 is 2.00 bits per heavy atom. The van der Waals surface area contributed by atoms with Gasteiger partial charge in [0, 0.05) is 10.0 Å². The molecule has 0 aromatic carbocycles. The van der Waals surface area contributed by atoms with Crippen LogP contribution in [0.2, 0.25) is 0 Å². The summed E-state index contributed by atoms with van der Waals surface area (Å²) in [5.41, 5.74) is -0.589. The summed E-state index contributed by atoms with van der Waals surface area (Å²) in [4.78, 5) is 42.5. The SMILES string of the molecule is N=C1C([N+](=O)[O-])=C(n2cnc([N+](=O)[O-])n2)C([N+](=O)[O-])=C(N)C1[N+](=O)[O-]. The van der Waals surface area contributed by atoms with Crippen molar-refractivity contribution < 1.29 is 19.7 Å². The molecule has 0 saturated carbocycles.